The molecule has 0 spiro atoms. The number of nitrogens with zero attached hydrogens (tertiary/aromatic N) is 2. The molecule has 7 nitrogen and oxygen atoms in total. The van der Waals surface area contributed by atoms with Crippen molar-refractivity contribution < 1.29 is 19.1 Å². The Balaban J connectivity index is 1.37. The van der Waals surface area contributed by atoms with E-state index in [1.54, 1.807) is 17.0 Å². The fraction of sp³-hybridized carbons (Fsp3) is 0.147. The number of carbonyl (C=O) groups excluding carboxylic acids is 2. The van der Waals surface area contributed by atoms with Crippen molar-refractivity contribution in [3.05, 3.63) is 118 Å². The van der Waals surface area contributed by atoms with E-state index < -0.39 is 0 Å². The van der Waals surface area contributed by atoms with Crippen molar-refractivity contribution in [2.45, 2.75) is 20.8 Å². The molecule has 0 bridgehead atoms. The second-order valence-electron chi connectivity index (χ2n) is 9.93. The summed E-state index contributed by atoms with van der Waals surface area (Å²) in [6.45, 7) is 5.82. The van der Waals surface area contributed by atoms with Gasteiger partial charge >= 0.3 is 0 Å². The molecule has 0 aliphatic carbocycles. The van der Waals surface area contributed by atoms with Gasteiger partial charge in [-0.25, -0.2) is 4.99 Å². The molecule has 1 saturated heterocycles. The smallest absolute Gasteiger partial charge is 0.271 e. The highest BCUT2D eigenvalue weighted by atomic mass is 32.2. The van der Waals surface area contributed by atoms with E-state index in [1.165, 1.54) is 18.9 Å². The lowest BCUT2D eigenvalue weighted by Gasteiger charge is -2.16. The van der Waals surface area contributed by atoms with Crippen molar-refractivity contribution >= 4 is 51.9 Å². The van der Waals surface area contributed by atoms with Gasteiger partial charge in [0.1, 0.15) is 0 Å². The molecule has 0 saturated carbocycles. The Morgan fingerprint density at radius 3 is 2.29 bits per heavy atom. The van der Waals surface area contributed by atoms with Crippen molar-refractivity contribution in [3.8, 4) is 11.5 Å². The van der Waals surface area contributed by atoms with Gasteiger partial charge in [-0.1, -0.05) is 53.6 Å². The molecule has 0 radical (unpaired) electrons. The van der Waals surface area contributed by atoms with Gasteiger partial charge < -0.3 is 14.8 Å². The molecule has 1 N–H and O–H groups in total. The molecule has 4 aromatic carbocycles. The van der Waals surface area contributed by atoms with Crippen LogP contribution in [0.15, 0.2) is 101 Å². The first-order valence-corrected chi connectivity index (χ1v) is 14.2. The lowest BCUT2D eigenvalue weighted by Crippen LogP contribution is -2.28. The number of amidine groups is 1. The van der Waals surface area contributed by atoms with Crippen LogP contribution < -0.4 is 19.7 Å². The summed E-state index contributed by atoms with van der Waals surface area (Å²) >= 11 is 1.32. The molecule has 2 amide bonds. The van der Waals surface area contributed by atoms with E-state index in [1.807, 2.05) is 106 Å². The molecule has 8 heteroatoms. The van der Waals surface area contributed by atoms with Gasteiger partial charge in [-0.05, 0) is 98.3 Å². The summed E-state index contributed by atoms with van der Waals surface area (Å²) in [6.07, 6.45) is 1.81. The maximum Gasteiger partial charge on any atom is 0.271 e. The van der Waals surface area contributed by atoms with E-state index in [0.717, 1.165) is 33.6 Å². The van der Waals surface area contributed by atoms with Gasteiger partial charge in [-0.15, -0.1) is 0 Å². The molecule has 0 unspecified atom stereocenters. The predicted octanol–water partition coefficient (Wildman–Crippen LogP) is 7.45. The monoisotopic (exact) mass is 577 g/mol. The minimum atomic E-state index is -0.279. The topological polar surface area (TPSA) is 80.2 Å². The van der Waals surface area contributed by atoms with E-state index in [4.69, 9.17) is 14.5 Å². The maximum atomic E-state index is 13.7. The third-order valence-corrected chi connectivity index (χ3v) is 7.47. The van der Waals surface area contributed by atoms with Crippen molar-refractivity contribution in [1.82, 2.24) is 0 Å². The van der Waals surface area contributed by atoms with Gasteiger partial charge in [0.15, 0.2) is 23.3 Å². The molecular formula is C34H31N3O4S. The Labute approximate surface area is 249 Å². The standard InChI is InChI=1S/C34H31N3O4S/c1-22-8-13-26(14-9-22)36-34-37(28-15-10-23(2)11-16-28)33(39)31(42-34)20-25-12-17-29(30(19-25)40-4)41-21-32(38)35-27-7-5-6-24(3)18-27/h5-20H,21H2,1-4H3,(H,35,38)/b31-20-,36-34?. The molecule has 1 fully saturated rings. The third kappa shape index (κ3) is 6.90. The highest BCUT2D eigenvalue weighted by molar-refractivity contribution is 8.19. The number of aryl methyl sites for hydroxylation is 3. The minimum Gasteiger partial charge on any atom is -0.493 e. The zero-order valence-electron chi connectivity index (χ0n) is 23.9. The predicted molar refractivity (Wildman–Crippen MR) is 171 cm³/mol. The largest absolute Gasteiger partial charge is 0.493 e. The van der Waals surface area contributed by atoms with Crippen molar-refractivity contribution in [2.24, 2.45) is 4.99 Å². The SMILES string of the molecule is COc1cc(/C=C2\SC(=Nc3ccc(C)cc3)N(c3ccc(C)cc3)C2=O)ccc1OCC(=O)Nc1cccc(C)c1. The zero-order chi connectivity index (χ0) is 29.6. The fourth-order valence-corrected chi connectivity index (χ4v) is 5.31. The normalized spacial score (nSPS) is 14.9. The summed E-state index contributed by atoms with van der Waals surface area (Å²) in [5, 5.41) is 3.40. The van der Waals surface area contributed by atoms with Crippen LogP contribution in [0.3, 0.4) is 0 Å². The van der Waals surface area contributed by atoms with Crippen molar-refractivity contribution in [3.63, 3.8) is 0 Å². The second-order valence-corrected chi connectivity index (χ2v) is 10.9. The number of carbonyl (C=O) groups is 2. The van der Waals surface area contributed by atoms with Crippen molar-refractivity contribution in [1.29, 1.82) is 0 Å². The van der Waals surface area contributed by atoms with Crippen LogP contribution >= 0.6 is 11.8 Å². The third-order valence-electron chi connectivity index (χ3n) is 6.50. The van der Waals surface area contributed by atoms with E-state index in [0.29, 0.717) is 27.3 Å². The van der Waals surface area contributed by atoms with Crippen LogP contribution in [0.1, 0.15) is 22.3 Å². The molecule has 1 heterocycles. The molecule has 4 aromatic rings. The number of aliphatic imine (C=N–C) groups is 1. The Hall–Kier alpha value is -4.82. The number of nitrogens with one attached hydrogen (secondary N) is 1. The van der Waals surface area contributed by atoms with Crippen LogP contribution in [0.5, 0.6) is 11.5 Å². The van der Waals surface area contributed by atoms with E-state index in [2.05, 4.69) is 5.32 Å². The average molecular weight is 578 g/mol. The summed E-state index contributed by atoms with van der Waals surface area (Å²) in [6, 6.07) is 28.6. The number of thioether (sulfide) groups is 1. The molecule has 5 rings (SSSR count). The van der Waals surface area contributed by atoms with Crippen molar-refractivity contribution in [2.75, 3.05) is 23.9 Å². The second kappa shape index (κ2) is 12.8. The number of hydrogen-bond donors (Lipinski definition) is 1. The summed E-state index contributed by atoms with van der Waals surface area (Å²) < 4.78 is 11.3. The highest BCUT2D eigenvalue weighted by Crippen LogP contribution is 2.38. The number of anilines is 2. The number of benzene rings is 4. The molecule has 0 atom stereocenters. The Morgan fingerprint density at radius 1 is 0.881 bits per heavy atom. The van der Waals surface area contributed by atoms with Crippen LogP contribution in [0.4, 0.5) is 17.1 Å². The van der Waals surface area contributed by atoms with Crippen LogP contribution in [-0.2, 0) is 9.59 Å². The zero-order valence-corrected chi connectivity index (χ0v) is 24.7. The van der Waals surface area contributed by atoms with Crippen LogP contribution in [-0.4, -0.2) is 30.7 Å². The first-order valence-electron chi connectivity index (χ1n) is 13.4. The quantitative estimate of drug-likeness (QED) is 0.220. The first kappa shape index (κ1) is 28.7. The number of rotatable bonds is 8. The Morgan fingerprint density at radius 2 is 1.60 bits per heavy atom. The van der Waals surface area contributed by atoms with Crippen LogP contribution in [0.2, 0.25) is 0 Å². The Bertz CT molecular complexity index is 1680. The van der Waals surface area contributed by atoms with E-state index in [9.17, 15) is 9.59 Å². The fourth-order valence-electron chi connectivity index (χ4n) is 4.31. The highest BCUT2D eigenvalue weighted by Gasteiger charge is 2.34. The average Bonchev–Trinajstić information content (AvgIpc) is 3.27. The van der Waals surface area contributed by atoms with Crippen LogP contribution in [0, 0.1) is 20.8 Å². The van der Waals surface area contributed by atoms with Gasteiger partial charge in [0.25, 0.3) is 11.8 Å². The lowest BCUT2D eigenvalue weighted by molar-refractivity contribution is -0.118. The first-order chi connectivity index (χ1) is 20.3. The number of hydrogen-bond acceptors (Lipinski definition) is 6. The summed E-state index contributed by atoms with van der Waals surface area (Å²) in [5.74, 6) is 0.430. The van der Waals surface area contributed by atoms with E-state index >= 15 is 0 Å². The van der Waals surface area contributed by atoms with Crippen LogP contribution in [0.25, 0.3) is 6.08 Å². The number of ether oxygens (including phenoxy) is 2. The molecular weight excluding hydrogens is 546 g/mol. The lowest BCUT2D eigenvalue weighted by atomic mass is 10.1. The molecule has 42 heavy (non-hydrogen) atoms. The summed E-state index contributed by atoms with van der Waals surface area (Å²) in [7, 11) is 1.53. The Kier molecular flexibility index (Phi) is 8.74. The number of amides is 2. The molecule has 212 valence electrons. The molecule has 1 aliphatic heterocycles. The maximum absolute atomic E-state index is 13.7. The molecule has 1 aliphatic rings. The van der Waals surface area contributed by atoms with Gasteiger partial charge in [-0.2, -0.15) is 0 Å². The summed E-state index contributed by atoms with van der Waals surface area (Å²) in [5.41, 5.74) is 6.27. The van der Waals surface area contributed by atoms with E-state index in [-0.39, 0.29) is 18.4 Å². The van der Waals surface area contributed by atoms with Gasteiger partial charge in [-0.3, -0.25) is 14.5 Å². The summed E-state index contributed by atoms with van der Waals surface area (Å²) in [4.78, 5) is 33.1. The molecule has 0 aromatic heterocycles. The van der Waals surface area contributed by atoms with Gasteiger partial charge in [0.2, 0.25) is 0 Å². The van der Waals surface area contributed by atoms with Gasteiger partial charge in [0.05, 0.1) is 23.4 Å². The number of methoxy groups -OCH3 is 1. The minimum absolute atomic E-state index is 0.165. The van der Waals surface area contributed by atoms with Gasteiger partial charge in [0, 0.05) is 5.69 Å².